The van der Waals surface area contributed by atoms with Crippen LogP contribution in [0.4, 0.5) is 0 Å². The summed E-state index contributed by atoms with van der Waals surface area (Å²) in [6.07, 6.45) is 3.62. The average Bonchev–Trinajstić information content (AvgIpc) is 2.80. The molecule has 0 amide bonds. The van der Waals surface area contributed by atoms with Gasteiger partial charge in [-0.05, 0) is 43.0 Å². The summed E-state index contributed by atoms with van der Waals surface area (Å²) >= 11 is 6.16. The Morgan fingerprint density at radius 2 is 2.21 bits per heavy atom. The van der Waals surface area contributed by atoms with Gasteiger partial charge >= 0.3 is 0 Å². The topological polar surface area (TPSA) is 55.9 Å². The molecular formula is C14H19ClN4. The number of hydrogen-bond donors (Lipinski definition) is 2. The lowest BCUT2D eigenvalue weighted by Gasteiger charge is -2.17. The highest BCUT2D eigenvalue weighted by molar-refractivity contribution is 6.31. The number of hydrazine groups is 1. The Morgan fingerprint density at radius 3 is 2.79 bits per heavy atom. The molecule has 1 aromatic carbocycles. The van der Waals surface area contributed by atoms with Gasteiger partial charge in [-0.3, -0.25) is 16.0 Å². The number of hydrogen-bond acceptors (Lipinski definition) is 3. The first-order valence-corrected chi connectivity index (χ1v) is 6.68. The van der Waals surface area contributed by atoms with Gasteiger partial charge in [-0.15, -0.1) is 0 Å². The summed E-state index contributed by atoms with van der Waals surface area (Å²) in [7, 11) is 1.95. The van der Waals surface area contributed by atoms with Gasteiger partial charge in [0.05, 0.1) is 0 Å². The first-order chi connectivity index (χ1) is 9.11. The van der Waals surface area contributed by atoms with Crippen molar-refractivity contribution in [1.29, 1.82) is 0 Å². The third-order valence-corrected chi connectivity index (χ3v) is 3.82. The van der Waals surface area contributed by atoms with Gasteiger partial charge in [0.1, 0.15) is 0 Å². The number of benzene rings is 1. The first kappa shape index (κ1) is 14.1. The monoisotopic (exact) mass is 278 g/mol. The van der Waals surface area contributed by atoms with Crippen LogP contribution < -0.4 is 11.3 Å². The Labute approximate surface area is 118 Å². The Balaban J connectivity index is 2.07. The lowest BCUT2D eigenvalue weighted by atomic mass is 10.0. The van der Waals surface area contributed by atoms with Gasteiger partial charge in [0.15, 0.2) is 0 Å². The highest BCUT2D eigenvalue weighted by atomic mass is 35.5. The third-order valence-electron chi connectivity index (χ3n) is 3.41. The molecule has 2 rings (SSSR count). The lowest BCUT2D eigenvalue weighted by molar-refractivity contribution is 0.507. The van der Waals surface area contributed by atoms with E-state index >= 15 is 0 Å². The molecule has 0 saturated heterocycles. The van der Waals surface area contributed by atoms with Crippen molar-refractivity contribution < 1.29 is 0 Å². The van der Waals surface area contributed by atoms with Gasteiger partial charge in [0.25, 0.3) is 0 Å². The zero-order valence-electron chi connectivity index (χ0n) is 11.2. The van der Waals surface area contributed by atoms with Crippen LogP contribution in [0.25, 0.3) is 0 Å². The van der Waals surface area contributed by atoms with Crippen LogP contribution in [0.15, 0.2) is 30.5 Å². The molecule has 1 heterocycles. The van der Waals surface area contributed by atoms with Crippen LogP contribution in [-0.2, 0) is 13.5 Å². The maximum atomic E-state index is 6.16. The summed E-state index contributed by atoms with van der Waals surface area (Å²) in [6.45, 7) is 1.99. The molecule has 1 atom stereocenters. The number of halogens is 1. The molecule has 0 aliphatic heterocycles. The van der Waals surface area contributed by atoms with E-state index in [1.165, 1.54) is 5.69 Å². The van der Waals surface area contributed by atoms with Crippen LogP contribution in [0.5, 0.6) is 0 Å². The minimum atomic E-state index is 0.0907. The Kier molecular flexibility index (Phi) is 4.58. The number of aryl methyl sites for hydroxylation is 3. The summed E-state index contributed by atoms with van der Waals surface area (Å²) in [5.74, 6) is 5.65. The van der Waals surface area contributed by atoms with Gasteiger partial charge in [-0.1, -0.05) is 23.7 Å². The number of rotatable bonds is 5. The summed E-state index contributed by atoms with van der Waals surface area (Å²) in [5.41, 5.74) is 6.24. The summed E-state index contributed by atoms with van der Waals surface area (Å²) in [5, 5.41) is 4.94. The van der Waals surface area contributed by atoms with E-state index in [4.69, 9.17) is 17.4 Å². The van der Waals surface area contributed by atoms with Crippen LogP contribution in [0.3, 0.4) is 0 Å². The average molecular weight is 279 g/mol. The van der Waals surface area contributed by atoms with Crippen molar-refractivity contribution in [3.05, 3.63) is 52.3 Å². The predicted molar refractivity (Wildman–Crippen MR) is 77.8 cm³/mol. The largest absolute Gasteiger partial charge is 0.273 e. The molecule has 2 aromatic rings. The second-order valence-electron chi connectivity index (χ2n) is 4.71. The highest BCUT2D eigenvalue weighted by Gasteiger charge is 2.12. The SMILES string of the molecule is Cc1ccc(C(CCc2ccnn2C)NN)cc1Cl. The number of nitrogens with zero attached hydrogens (tertiary/aromatic N) is 2. The Bertz CT molecular complexity index is 550. The smallest absolute Gasteiger partial charge is 0.0492 e. The van der Waals surface area contributed by atoms with Crippen molar-refractivity contribution >= 4 is 11.6 Å². The van der Waals surface area contributed by atoms with Crippen LogP contribution >= 0.6 is 11.6 Å². The molecule has 0 aliphatic rings. The molecule has 0 radical (unpaired) electrons. The van der Waals surface area contributed by atoms with Crippen molar-refractivity contribution in [3.63, 3.8) is 0 Å². The third kappa shape index (κ3) is 3.35. The normalized spacial score (nSPS) is 12.6. The fraction of sp³-hybridized carbons (Fsp3) is 0.357. The molecule has 1 aromatic heterocycles. The van der Waals surface area contributed by atoms with Crippen molar-refractivity contribution in [1.82, 2.24) is 15.2 Å². The lowest BCUT2D eigenvalue weighted by Crippen LogP contribution is -2.28. The quantitative estimate of drug-likeness (QED) is 0.653. The van der Waals surface area contributed by atoms with E-state index in [0.717, 1.165) is 29.0 Å². The fourth-order valence-electron chi connectivity index (χ4n) is 2.11. The highest BCUT2D eigenvalue weighted by Crippen LogP contribution is 2.24. The molecule has 19 heavy (non-hydrogen) atoms. The molecule has 4 nitrogen and oxygen atoms in total. The molecule has 0 bridgehead atoms. The second-order valence-corrected chi connectivity index (χ2v) is 5.12. The van der Waals surface area contributed by atoms with E-state index in [1.807, 2.05) is 43.0 Å². The maximum Gasteiger partial charge on any atom is 0.0492 e. The van der Waals surface area contributed by atoms with E-state index in [2.05, 4.69) is 16.6 Å². The van der Waals surface area contributed by atoms with Gasteiger partial charge in [-0.2, -0.15) is 5.10 Å². The van der Waals surface area contributed by atoms with Crippen LogP contribution in [0, 0.1) is 6.92 Å². The zero-order valence-corrected chi connectivity index (χ0v) is 12.0. The van der Waals surface area contributed by atoms with Crippen molar-refractivity contribution in [2.24, 2.45) is 12.9 Å². The van der Waals surface area contributed by atoms with Gasteiger partial charge < -0.3 is 0 Å². The Morgan fingerprint density at radius 1 is 1.42 bits per heavy atom. The predicted octanol–water partition coefficient (Wildman–Crippen LogP) is 2.52. The molecule has 0 aliphatic carbocycles. The van der Waals surface area contributed by atoms with E-state index < -0.39 is 0 Å². The molecular weight excluding hydrogens is 260 g/mol. The summed E-state index contributed by atoms with van der Waals surface area (Å²) in [6, 6.07) is 8.18. The zero-order chi connectivity index (χ0) is 13.8. The molecule has 0 fully saturated rings. The number of nitrogens with two attached hydrogens (primary N) is 1. The van der Waals surface area contributed by atoms with Gasteiger partial charge in [0.2, 0.25) is 0 Å². The van der Waals surface area contributed by atoms with Crippen molar-refractivity contribution in [2.75, 3.05) is 0 Å². The number of aromatic nitrogens is 2. The summed E-state index contributed by atoms with van der Waals surface area (Å²) < 4.78 is 1.88. The molecule has 0 spiro atoms. The molecule has 1 unspecified atom stereocenters. The molecule has 5 heteroatoms. The minimum absolute atomic E-state index is 0.0907. The van der Waals surface area contributed by atoms with E-state index in [1.54, 1.807) is 0 Å². The summed E-state index contributed by atoms with van der Waals surface area (Å²) in [4.78, 5) is 0. The molecule has 102 valence electrons. The van der Waals surface area contributed by atoms with E-state index in [-0.39, 0.29) is 6.04 Å². The standard InChI is InChI=1S/C14H19ClN4/c1-10-3-4-11(9-13(10)15)14(18-16)6-5-12-7-8-17-19(12)2/h3-4,7-9,14,18H,5-6,16H2,1-2H3. The molecule has 0 saturated carbocycles. The van der Waals surface area contributed by atoms with Gasteiger partial charge in [-0.25, -0.2) is 0 Å². The van der Waals surface area contributed by atoms with Crippen LogP contribution in [0.2, 0.25) is 5.02 Å². The second kappa shape index (κ2) is 6.19. The fourth-order valence-corrected chi connectivity index (χ4v) is 2.30. The Hall–Kier alpha value is -1.36. The van der Waals surface area contributed by atoms with Gasteiger partial charge in [0, 0.05) is 30.0 Å². The van der Waals surface area contributed by atoms with E-state index in [9.17, 15) is 0 Å². The van der Waals surface area contributed by atoms with Crippen molar-refractivity contribution in [3.8, 4) is 0 Å². The maximum absolute atomic E-state index is 6.16. The first-order valence-electron chi connectivity index (χ1n) is 6.31. The van der Waals surface area contributed by atoms with Crippen LogP contribution in [-0.4, -0.2) is 9.78 Å². The number of nitrogens with one attached hydrogen (secondary N) is 1. The van der Waals surface area contributed by atoms with E-state index in [0.29, 0.717) is 0 Å². The van der Waals surface area contributed by atoms with Crippen LogP contribution in [0.1, 0.15) is 29.3 Å². The molecule has 3 N–H and O–H groups in total. The van der Waals surface area contributed by atoms with Crippen molar-refractivity contribution in [2.45, 2.75) is 25.8 Å². The minimum Gasteiger partial charge on any atom is -0.273 e.